The standard InChI is InChI=1S/C17H19FN2O/c1-10-4-5-13(9-15(10)18)12(3)20-17(21)14-6-7-16(19)11(2)8-14/h4-9,12H,19H2,1-3H3,(H,20,21). The smallest absolute Gasteiger partial charge is 0.251 e. The molecule has 1 atom stereocenters. The maximum Gasteiger partial charge on any atom is 0.251 e. The second kappa shape index (κ2) is 5.95. The third-order valence-corrected chi connectivity index (χ3v) is 3.58. The van der Waals surface area contributed by atoms with Gasteiger partial charge in [-0.3, -0.25) is 4.79 Å². The Morgan fingerprint density at radius 2 is 1.86 bits per heavy atom. The van der Waals surface area contributed by atoms with Gasteiger partial charge in [0.2, 0.25) is 0 Å². The number of hydrogen-bond donors (Lipinski definition) is 2. The van der Waals surface area contributed by atoms with E-state index in [1.165, 1.54) is 6.07 Å². The Hall–Kier alpha value is -2.36. The van der Waals surface area contributed by atoms with E-state index in [1.807, 2.05) is 19.9 Å². The maximum absolute atomic E-state index is 13.6. The monoisotopic (exact) mass is 286 g/mol. The third-order valence-electron chi connectivity index (χ3n) is 3.58. The Morgan fingerprint density at radius 3 is 2.48 bits per heavy atom. The number of hydrogen-bond acceptors (Lipinski definition) is 2. The lowest BCUT2D eigenvalue weighted by molar-refractivity contribution is 0.0939. The number of rotatable bonds is 3. The van der Waals surface area contributed by atoms with Gasteiger partial charge in [-0.25, -0.2) is 4.39 Å². The van der Waals surface area contributed by atoms with Crippen molar-refractivity contribution in [1.82, 2.24) is 5.32 Å². The lowest BCUT2D eigenvalue weighted by atomic mass is 10.0. The number of benzene rings is 2. The molecule has 0 radical (unpaired) electrons. The Morgan fingerprint density at radius 1 is 1.14 bits per heavy atom. The molecule has 0 aliphatic rings. The van der Waals surface area contributed by atoms with E-state index < -0.39 is 0 Å². The van der Waals surface area contributed by atoms with Crippen LogP contribution in [-0.2, 0) is 0 Å². The van der Waals surface area contributed by atoms with Crippen LogP contribution >= 0.6 is 0 Å². The molecule has 0 aromatic heterocycles. The van der Waals surface area contributed by atoms with Gasteiger partial charge in [0.1, 0.15) is 5.82 Å². The molecule has 110 valence electrons. The number of nitrogens with one attached hydrogen (secondary N) is 1. The Bertz CT molecular complexity index is 682. The molecule has 1 amide bonds. The number of carbonyl (C=O) groups excluding carboxylic acids is 1. The lowest BCUT2D eigenvalue weighted by Gasteiger charge is -2.15. The van der Waals surface area contributed by atoms with Gasteiger partial charge in [-0.2, -0.15) is 0 Å². The highest BCUT2D eigenvalue weighted by molar-refractivity contribution is 5.95. The van der Waals surface area contributed by atoms with Crippen LogP contribution in [0.5, 0.6) is 0 Å². The highest BCUT2D eigenvalue weighted by Gasteiger charge is 2.13. The predicted octanol–water partition coefficient (Wildman–Crippen LogP) is 3.52. The molecule has 0 heterocycles. The number of amides is 1. The van der Waals surface area contributed by atoms with Crippen LogP contribution in [0.3, 0.4) is 0 Å². The Labute approximate surface area is 124 Å². The van der Waals surface area contributed by atoms with Crippen molar-refractivity contribution < 1.29 is 9.18 Å². The minimum Gasteiger partial charge on any atom is -0.399 e. The molecule has 0 fully saturated rings. The predicted molar refractivity (Wildman–Crippen MR) is 82.6 cm³/mol. The topological polar surface area (TPSA) is 55.1 Å². The first-order valence-electron chi connectivity index (χ1n) is 6.81. The summed E-state index contributed by atoms with van der Waals surface area (Å²) in [6.45, 7) is 5.39. The van der Waals surface area contributed by atoms with Crippen molar-refractivity contribution in [3.8, 4) is 0 Å². The fourth-order valence-corrected chi connectivity index (χ4v) is 2.06. The first-order chi connectivity index (χ1) is 9.88. The molecular weight excluding hydrogens is 267 g/mol. The molecule has 3 N–H and O–H groups in total. The first-order valence-corrected chi connectivity index (χ1v) is 6.81. The van der Waals surface area contributed by atoms with Crippen LogP contribution in [0, 0.1) is 19.7 Å². The van der Waals surface area contributed by atoms with E-state index >= 15 is 0 Å². The summed E-state index contributed by atoms with van der Waals surface area (Å²) in [6, 6.07) is 9.84. The number of anilines is 1. The molecule has 0 bridgehead atoms. The summed E-state index contributed by atoms with van der Waals surface area (Å²) in [5.41, 5.74) is 9.12. The summed E-state index contributed by atoms with van der Waals surface area (Å²) >= 11 is 0. The van der Waals surface area contributed by atoms with Gasteiger partial charge in [-0.15, -0.1) is 0 Å². The SMILES string of the molecule is Cc1cc(C(=O)NC(C)c2ccc(C)c(F)c2)ccc1N. The molecule has 1 unspecified atom stereocenters. The summed E-state index contributed by atoms with van der Waals surface area (Å²) in [5, 5.41) is 2.86. The van der Waals surface area contributed by atoms with E-state index in [-0.39, 0.29) is 17.8 Å². The highest BCUT2D eigenvalue weighted by atomic mass is 19.1. The van der Waals surface area contributed by atoms with Crippen molar-refractivity contribution in [3.63, 3.8) is 0 Å². The minimum absolute atomic E-state index is 0.202. The summed E-state index contributed by atoms with van der Waals surface area (Å²) in [5.74, 6) is -0.469. The largest absolute Gasteiger partial charge is 0.399 e. The number of halogens is 1. The fraction of sp³-hybridized carbons (Fsp3) is 0.235. The zero-order valence-electron chi connectivity index (χ0n) is 12.4. The Balaban J connectivity index is 2.14. The zero-order valence-corrected chi connectivity index (χ0v) is 12.4. The molecule has 2 aromatic rings. The molecule has 0 spiro atoms. The van der Waals surface area contributed by atoms with Gasteiger partial charge in [0, 0.05) is 11.3 Å². The molecule has 0 aliphatic carbocycles. The number of nitrogen functional groups attached to an aromatic ring is 1. The van der Waals surface area contributed by atoms with Gasteiger partial charge in [-0.1, -0.05) is 12.1 Å². The van der Waals surface area contributed by atoms with E-state index in [1.54, 1.807) is 31.2 Å². The van der Waals surface area contributed by atoms with Crippen LogP contribution in [0.25, 0.3) is 0 Å². The lowest BCUT2D eigenvalue weighted by Crippen LogP contribution is -2.26. The van der Waals surface area contributed by atoms with Crippen molar-refractivity contribution in [2.75, 3.05) is 5.73 Å². The van der Waals surface area contributed by atoms with Gasteiger partial charge < -0.3 is 11.1 Å². The molecule has 0 saturated heterocycles. The van der Waals surface area contributed by atoms with Crippen LogP contribution in [0.15, 0.2) is 36.4 Å². The van der Waals surface area contributed by atoms with Gasteiger partial charge in [0.15, 0.2) is 0 Å². The van der Waals surface area contributed by atoms with Crippen molar-refractivity contribution >= 4 is 11.6 Å². The Kier molecular flexibility index (Phi) is 4.26. The van der Waals surface area contributed by atoms with Crippen molar-refractivity contribution in [2.45, 2.75) is 26.8 Å². The molecule has 2 rings (SSSR count). The fourth-order valence-electron chi connectivity index (χ4n) is 2.06. The average Bonchev–Trinajstić information content (AvgIpc) is 2.44. The minimum atomic E-state index is -0.273. The van der Waals surface area contributed by atoms with E-state index in [2.05, 4.69) is 5.32 Å². The molecule has 4 heteroatoms. The van der Waals surface area contributed by atoms with Crippen molar-refractivity contribution in [1.29, 1.82) is 0 Å². The molecule has 0 aliphatic heterocycles. The summed E-state index contributed by atoms with van der Waals surface area (Å²) in [7, 11) is 0. The van der Waals surface area contributed by atoms with Crippen LogP contribution in [0.4, 0.5) is 10.1 Å². The van der Waals surface area contributed by atoms with E-state index in [9.17, 15) is 9.18 Å². The van der Waals surface area contributed by atoms with Crippen LogP contribution in [0.2, 0.25) is 0 Å². The third kappa shape index (κ3) is 3.40. The van der Waals surface area contributed by atoms with E-state index in [0.717, 1.165) is 11.1 Å². The number of nitrogens with two attached hydrogens (primary N) is 1. The summed E-state index contributed by atoms with van der Waals surface area (Å²) in [4.78, 5) is 12.2. The first kappa shape index (κ1) is 15.0. The van der Waals surface area contributed by atoms with E-state index in [0.29, 0.717) is 16.8 Å². The molecule has 3 nitrogen and oxygen atoms in total. The maximum atomic E-state index is 13.6. The quantitative estimate of drug-likeness (QED) is 0.848. The zero-order chi connectivity index (χ0) is 15.6. The van der Waals surface area contributed by atoms with Crippen molar-refractivity contribution in [3.05, 3.63) is 64.5 Å². The van der Waals surface area contributed by atoms with E-state index in [4.69, 9.17) is 5.73 Å². The van der Waals surface area contributed by atoms with Crippen LogP contribution in [-0.4, -0.2) is 5.91 Å². The molecule has 2 aromatic carbocycles. The average molecular weight is 286 g/mol. The van der Waals surface area contributed by atoms with Gasteiger partial charge in [-0.05, 0) is 61.7 Å². The second-order valence-corrected chi connectivity index (χ2v) is 5.28. The van der Waals surface area contributed by atoms with Crippen molar-refractivity contribution in [2.24, 2.45) is 0 Å². The number of carbonyl (C=O) groups is 1. The summed E-state index contributed by atoms with van der Waals surface area (Å²) < 4.78 is 13.6. The van der Waals surface area contributed by atoms with Gasteiger partial charge in [0.25, 0.3) is 5.91 Å². The molecule has 21 heavy (non-hydrogen) atoms. The van der Waals surface area contributed by atoms with Crippen LogP contribution < -0.4 is 11.1 Å². The van der Waals surface area contributed by atoms with Gasteiger partial charge >= 0.3 is 0 Å². The molecule has 0 saturated carbocycles. The van der Waals surface area contributed by atoms with Gasteiger partial charge in [0.05, 0.1) is 6.04 Å². The highest BCUT2D eigenvalue weighted by Crippen LogP contribution is 2.18. The number of aryl methyl sites for hydroxylation is 2. The normalized spacial score (nSPS) is 12.0. The second-order valence-electron chi connectivity index (χ2n) is 5.28. The van der Waals surface area contributed by atoms with Crippen LogP contribution in [0.1, 0.15) is 40.0 Å². The molecular formula is C17H19FN2O. The summed E-state index contributed by atoms with van der Waals surface area (Å²) in [6.07, 6.45) is 0.